The summed E-state index contributed by atoms with van der Waals surface area (Å²) in [6.07, 6.45) is -11.2. The van der Waals surface area contributed by atoms with E-state index >= 15 is 0 Å². The SMILES string of the molecule is C=C/C(=C(\F)C(F)(F)F)C(F)(F)F. The van der Waals surface area contributed by atoms with E-state index < -0.39 is 23.8 Å². The molecule has 0 aliphatic rings. The molecule has 13 heavy (non-hydrogen) atoms. The zero-order valence-electron chi connectivity index (χ0n) is 5.93. The predicted octanol–water partition coefficient (Wildman–Crippen LogP) is 3.52. The molecule has 0 aromatic heterocycles. The lowest BCUT2D eigenvalue weighted by atomic mass is 10.2. The van der Waals surface area contributed by atoms with Crippen molar-refractivity contribution in [2.75, 3.05) is 0 Å². The fourth-order valence-electron chi connectivity index (χ4n) is 0.482. The van der Waals surface area contributed by atoms with Crippen LogP contribution in [0.5, 0.6) is 0 Å². The van der Waals surface area contributed by atoms with Crippen LogP contribution in [-0.2, 0) is 0 Å². The maximum atomic E-state index is 12.0. The highest BCUT2D eigenvalue weighted by Crippen LogP contribution is 2.37. The number of alkyl halides is 6. The Kier molecular flexibility index (Phi) is 3.13. The number of allylic oxidation sites excluding steroid dienone is 3. The monoisotopic (exact) mass is 208 g/mol. The van der Waals surface area contributed by atoms with Gasteiger partial charge < -0.3 is 0 Å². The molecule has 0 nitrogen and oxygen atoms in total. The third-order valence-electron chi connectivity index (χ3n) is 0.995. The maximum Gasteiger partial charge on any atom is 0.443 e. The van der Waals surface area contributed by atoms with E-state index in [2.05, 4.69) is 6.58 Å². The van der Waals surface area contributed by atoms with Gasteiger partial charge in [0.2, 0.25) is 5.83 Å². The van der Waals surface area contributed by atoms with Crippen LogP contribution >= 0.6 is 0 Å². The van der Waals surface area contributed by atoms with Crippen molar-refractivity contribution < 1.29 is 30.7 Å². The predicted molar refractivity (Wildman–Crippen MR) is 30.4 cm³/mol. The topological polar surface area (TPSA) is 0 Å². The van der Waals surface area contributed by atoms with Gasteiger partial charge in [0.05, 0.1) is 5.57 Å². The van der Waals surface area contributed by atoms with Crippen molar-refractivity contribution in [2.24, 2.45) is 0 Å². The quantitative estimate of drug-likeness (QED) is 0.456. The van der Waals surface area contributed by atoms with Gasteiger partial charge in [-0.1, -0.05) is 12.7 Å². The molecule has 0 N–H and O–H groups in total. The van der Waals surface area contributed by atoms with Crippen molar-refractivity contribution in [3.8, 4) is 0 Å². The fraction of sp³-hybridized carbons (Fsp3) is 0.333. The summed E-state index contributed by atoms with van der Waals surface area (Å²) in [7, 11) is 0. The fourth-order valence-corrected chi connectivity index (χ4v) is 0.482. The van der Waals surface area contributed by atoms with E-state index in [9.17, 15) is 30.7 Å². The van der Waals surface area contributed by atoms with Crippen LogP contribution in [0.3, 0.4) is 0 Å². The van der Waals surface area contributed by atoms with E-state index in [0.717, 1.165) is 0 Å². The molecular formula is C6H3F7. The second-order valence-corrected chi connectivity index (χ2v) is 1.93. The summed E-state index contributed by atoms with van der Waals surface area (Å²) in [6.45, 7) is 2.44. The number of hydrogen-bond acceptors (Lipinski definition) is 0. The Labute approximate surface area is 68.3 Å². The van der Waals surface area contributed by atoms with Crippen molar-refractivity contribution in [3.05, 3.63) is 24.1 Å². The molecule has 0 aromatic rings. The molecule has 76 valence electrons. The van der Waals surface area contributed by atoms with Crippen LogP contribution in [0.1, 0.15) is 0 Å². The van der Waals surface area contributed by atoms with Gasteiger partial charge in [-0.15, -0.1) is 0 Å². The second-order valence-electron chi connectivity index (χ2n) is 1.93. The highest BCUT2D eigenvalue weighted by molar-refractivity contribution is 5.27. The van der Waals surface area contributed by atoms with Gasteiger partial charge in [0, 0.05) is 0 Å². The molecule has 0 aromatic carbocycles. The first-order chi connectivity index (χ1) is 5.60. The van der Waals surface area contributed by atoms with E-state index in [0.29, 0.717) is 0 Å². The Bertz CT molecular complexity index is 228. The lowest BCUT2D eigenvalue weighted by Crippen LogP contribution is -2.18. The summed E-state index contributed by atoms with van der Waals surface area (Å²) < 4.78 is 81.2. The maximum absolute atomic E-state index is 12.0. The Hall–Kier alpha value is -1.01. The summed E-state index contributed by atoms with van der Waals surface area (Å²) in [5, 5.41) is 0. The number of hydrogen-bond donors (Lipinski definition) is 0. The van der Waals surface area contributed by atoms with Crippen LogP contribution in [0, 0.1) is 0 Å². The summed E-state index contributed by atoms with van der Waals surface area (Å²) in [5.41, 5.74) is -2.42. The average Bonchev–Trinajstić information content (AvgIpc) is 1.83. The molecular weight excluding hydrogens is 205 g/mol. The lowest BCUT2D eigenvalue weighted by molar-refractivity contribution is -0.126. The molecule has 0 saturated carbocycles. The van der Waals surface area contributed by atoms with Crippen LogP contribution in [0.2, 0.25) is 0 Å². The molecule has 7 heteroatoms. The van der Waals surface area contributed by atoms with Crippen molar-refractivity contribution >= 4 is 0 Å². The van der Waals surface area contributed by atoms with Crippen LogP contribution in [0.25, 0.3) is 0 Å². The molecule has 0 rings (SSSR count). The first-order valence-electron chi connectivity index (χ1n) is 2.77. The van der Waals surface area contributed by atoms with E-state index in [1.807, 2.05) is 0 Å². The highest BCUT2D eigenvalue weighted by Gasteiger charge is 2.45. The zero-order chi connectivity index (χ0) is 10.9. The molecule has 0 radical (unpaired) electrons. The summed E-state index contributed by atoms with van der Waals surface area (Å²) in [4.78, 5) is 0. The minimum atomic E-state index is -5.64. The first-order valence-corrected chi connectivity index (χ1v) is 2.77. The normalized spacial score (nSPS) is 15.3. The molecule has 0 amide bonds. The Balaban J connectivity index is 5.28. The van der Waals surface area contributed by atoms with Gasteiger partial charge in [0.1, 0.15) is 0 Å². The first kappa shape index (κ1) is 12.0. The van der Waals surface area contributed by atoms with E-state index in [4.69, 9.17) is 0 Å². The standard InChI is InChI=1S/C6H3F7/c1-2-3(5(8,9)10)4(7)6(11,12)13/h2H,1H2/b4-3+. The van der Waals surface area contributed by atoms with Crippen LogP contribution in [0.4, 0.5) is 30.7 Å². The van der Waals surface area contributed by atoms with Gasteiger partial charge in [-0.25, -0.2) is 4.39 Å². The van der Waals surface area contributed by atoms with Crippen molar-refractivity contribution in [2.45, 2.75) is 12.4 Å². The number of halogens is 7. The summed E-state index contributed by atoms with van der Waals surface area (Å²) >= 11 is 0. The summed E-state index contributed by atoms with van der Waals surface area (Å²) in [5.74, 6) is -3.19. The summed E-state index contributed by atoms with van der Waals surface area (Å²) in [6, 6.07) is 0. The Morgan fingerprint density at radius 2 is 1.31 bits per heavy atom. The largest absolute Gasteiger partial charge is 0.443 e. The van der Waals surface area contributed by atoms with Crippen molar-refractivity contribution in [1.29, 1.82) is 0 Å². The Morgan fingerprint density at radius 3 is 1.38 bits per heavy atom. The van der Waals surface area contributed by atoms with E-state index in [1.54, 1.807) is 0 Å². The second kappa shape index (κ2) is 3.39. The molecule has 0 saturated heterocycles. The smallest absolute Gasteiger partial charge is 0.201 e. The van der Waals surface area contributed by atoms with Crippen molar-refractivity contribution in [3.63, 3.8) is 0 Å². The molecule has 0 heterocycles. The molecule has 0 aliphatic heterocycles. The molecule has 0 unspecified atom stereocenters. The molecule has 0 atom stereocenters. The van der Waals surface area contributed by atoms with Gasteiger partial charge in [-0.2, -0.15) is 26.3 Å². The van der Waals surface area contributed by atoms with Gasteiger partial charge in [-0.3, -0.25) is 0 Å². The van der Waals surface area contributed by atoms with Crippen molar-refractivity contribution in [1.82, 2.24) is 0 Å². The highest BCUT2D eigenvalue weighted by atomic mass is 19.4. The van der Waals surface area contributed by atoms with Gasteiger partial charge in [-0.05, 0) is 0 Å². The van der Waals surface area contributed by atoms with E-state index in [1.165, 1.54) is 0 Å². The van der Waals surface area contributed by atoms with Gasteiger partial charge in [0.15, 0.2) is 0 Å². The van der Waals surface area contributed by atoms with Crippen LogP contribution in [0.15, 0.2) is 24.1 Å². The molecule has 0 fully saturated rings. The van der Waals surface area contributed by atoms with E-state index in [-0.39, 0.29) is 6.08 Å². The minimum Gasteiger partial charge on any atom is -0.201 e. The van der Waals surface area contributed by atoms with Gasteiger partial charge >= 0.3 is 12.4 Å². The number of rotatable bonds is 1. The third-order valence-corrected chi connectivity index (χ3v) is 0.995. The zero-order valence-corrected chi connectivity index (χ0v) is 5.93. The van der Waals surface area contributed by atoms with Gasteiger partial charge in [0.25, 0.3) is 0 Å². The molecule has 0 spiro atoms. The Morgan fingerprint density at radius 1 is 0.923 bits per heavy atom. The lowest BCUT2D eigenvalue weighted by Gasteiger charge is -2.10. The third kappa shape index (κ3) is 3.08. The molecule has 0 bridgehead atoms. The van der Waals surface area contributed by atoms with Crippen LogP contribution in [-0.4, -0.2) is 12.4 Å². The average molecular weight is 208 g/mol. The minimum absolute atomic E-state index is 0.219. The van der Waals surface area contributed by atoms with Crippen LogP contribution < -0.4 is 0 Å². The molecule has 0 aliphatic carbocycles.